The number of hydrogen-bond donors (Lipinski definition) is 1. The van der Waals surface area contributed by atoms with Crippen LogP contribution < -0.4 is 4.74 Å². The molecular weight excluding hydrogens is 211 g/mol. The predicted molar refractivity (Wildman–Crippen MR) is 64.3 cm³/mol. The minimum Gasteiger partial charge on any atom is -0.490 e. The van der Waals surface area contributed by atoms with Crippen LogP contribution in [0, 0.1) is 18.7 Å². The summed E-state index contributed by atoms with van der Waals surface area (Å²) in [6, 6.07) is 5.20. The molecule has 84 valence electrons. The third-order valence-electron chi connectivity index (χ3n) is 2.47. The van der Waals surface area contributed by atoms with Crippen molar-refractivity contribution in [3.8, 4) is 5.75 Å². The zero-order valence-corrected chi connectivity index (χ0v) is 10.1. The van der Waals surface area contributed by atoms with Gasteiger partial charge in [0.2, 0.25) is 0 Å². The van der Waals surface area contributed by atoms with Crippen molar-refractivity contribution in [2.45, 2.75) is 20.3 Å². The first-order valence-corrected chi connectivity index (χ1v) is 5.81. The van der Waals surface area contributed by atoms with Crippen LogP contribution in [0.15, 0.2) is 18.2 Å². The largest absolute Gasteiger partial charge is 0.490 e. The van der Waals surface area contributed by atoms with E-state index in [4.69, 9.17) is 4.74 Å². The Morgan fingerprint density at radius 3 is 2.80 bits per heavy atom. The van der Waals surface area contributed by atoms with Gasteiger partial charge in [-0.1, -0.05) is 19.1 Å². The summed E-state index contributed by atoms with van der Waals surface area (Å²) < 4.78 is 19.0. The molecule has 0 fully saturated rings. The first-order valence-electron chi connectivity index (χ1n) is 5.17. The lowest BCUT2D eigenvalue weighted by atomic mass is 10.1. The Hall–Kier alpha value is -0.700. The number of halogens is 1. The van der Waals surface area contributed by atoms with Crippen molar-refractivity contribution in [3.05, 3.63) is 29.6 Å². The third-order valence-corrected chi connectivity index (χ3v) is 2.98. The van der Waals surface area contributed by atoms with E-state index in [2.05, 4.69) is 19.6 Å². The molecule has 1 aromatic carbocycles. The van der Waals surface area contributed by atoms with Crippen LogP contribution in [0.25, 0.3) is 0 Å². The fraction of sp³-hybridized carbons (Fsp3) is 0.500. The molecule has 0 aromatic heterocycles. The van der Waals surface area contributed by atoms with E-state index in [1.165, 1.54) is 0 Å². The zero-order chi connectivity index (χ0) is 11.3. The fourth-order valence-corrected chi connectivity index (χ4v) is 1.60. The summed E-state index contributed by atoms with van der Waals surface area (Å²) in [6.45, 7) is 4.34. The molecule has 0 amide bonds. The van der Waals surface area contributed by atoms with Crippen LogP contribution in [0.3, 0.4) is 0 Å². The van der Waals surface area contributed by atoms with Gasteiger partial charge >= 0.3 is 0 Å². The van der Waals surface area contributed by atoms with Crippen molar-refractivity contribution >= 4 is 12.6 Å². The molecule has 1 atom stereocenters. The Labute approximate surface area is 96.1 Å². The first-order chi connectivity index (χ1) is 7.19. The summed E-state index contributed by atoms with van der Waals surface area (Å²) in [6.07, 6.45) is 0.997. The van der Waals surface area contributed by atoms with Crippen molar-refractivity contribution in [1.82, 2.24) is 0 Å². The van der Waals surface area contributed by atoms with Crippen LogP contribution in [0.2, 0.25) is 0 Å². The number of benzene rings is 1. The highest BCUT2D eigenvalue weighted by atomic mass is 32.1. The maximum Gasteiger partial charge on any atom is 0.167 e. The minimum atomic E-state index is -0.258. The van der Waals surface area contributed by atoms with E-state index in [0.717, 1.165) is 12.2 Å². The molecule has 1 rings (SSSR count). The van der Waals surface area contributed by atoms with Gasteiger partial charge in [-0.3, -0.25) is 0 Å². The highest BCUT2D eigenvalue weighted by Gasteiger charge is 2.09. The number of ether oxygens (including phenoxy) is 1. The van der Waals surface area contributed by atoms with E-state index in [1.54, 1.807) is 25.1 Å². The van der Waals surface area contributed by atoms with Gasteiger partial charge in [0, 0.05) is 5.92 Å². The van der Waals surface area contributed by atoms with Crippen LogP contribution >= 0.6 is 12.6 Å². The summed E-state index contributed by atoms with van der Waals surface area (Å²) in [5.41, 5.74) is 0.617. The van der Waals surface area contributed by atoms with Crippen molar-refractivity contribution < 1.29 is 9.13 Å². The van der Waals surface area contributed by atoms with Crippen LogP contribution in [0.5, 0.6) is 5.75 Å². The van der Waals surface area contributed by atoms with E-state index in [9.17, 15) is 4.39 Å². The van der Waals surface area contributed by atoms with Crippen LogP contribution in [-0.4, -0.2) is 12.4 Å². The fourth-order valence-electron chi connectivity index (χ4n) is 1.24. The lowest BCUT2D eigenvalue weighted by molar-refractivity contribution is 0.248. The van der Waals surface area contributed by atoms with Crippen molar-refractivity contribution in [2.75, 3.05) is 12.4 Å². The molecular formula is C12H17FOS. The van der Waals surface area contributed by atoms with Crippen molar-refractivity contribution in [3.63, 3.8) is 0 Å². The number of hydrogen-bond acceptors (Lipinski definition) is 2. The molecule has 0 saturated heterocycles. The van der Waals surface area contributed by atoms with Gasteiger partial charge in [0.1, 0.15) is 0 Å². The highest BCUT2D eigenvalue weighted by molar-refractivity contribution is 7.80. The molecule has 1 nitrogen and oxygen atoms in total. The van der Waals surface area contributed by atoms with Gasteiger partial charge < -0.3 is 4.74 Å². The summed E-state index contributed by atoms with van der Waals surface area (Å²) >= 11 is 4.21. The summed E-state index contributed by atoms with van der Waals surface area (Å²) in [5, 5.41) is 0. The Balaban J connectivity index is 2.61. The maximum atomic E-state index is 13.5. The Bertz CT molecular complexity index is 310. The topological polar surface area (TPSA) is 9.23 Å². The maximum absolute atomic E-state index is 13.5. The summed E-state index contributed by atoms with van der Waals surface area (Å²) in [7, 11) is 0. The van der Waals surface area contributed by atoms with E-state index in [-0.39, 0.29) is 5.82 Å². The van der Waals surface area contributed by atoms with Gasteiger partial charge in [-0.2, -0.15) is 12.6 Å². The normalized spacial score (nSPS) is 12.5. The Morgan fingerprint density at radius 1 is 1.47 bits per heavy atom. The molecule has 0 radical (unpaired) electrons. The average molecular weight is 228 g/mol. The Kier molecular flexibility index (Phi) is 4.95. The molecule has 0 aliphatic heterocycles. The standard InChI is InChI=1S/C12H17FOS/c1-3-10(8-15)7-14-11-6-4-5-9(2)12(11)13/h4-6,10,15H,3,7-8H2,1-2H3. The van der Waals surface area contributed by atoms with E-state index < -0.39 is 0 Å². The lowest BCUT2D eigenvalue weighted by Crippen LogP contribution is -2.13. The molecule has 0 N–H and O–H groups in total. The Morgan fingerprint density at radius 2 is 2.20 bits per heavy atom. The molecule has 1 unspecified atom stereocenters. The third kappa shape index (κ3) is 3.42. The molecule has 3 heteroatoms. The van der Waals surface area contributed by atoms with Crippen LogP contribution in [0.4, 0.5) is 4.39 Å². The van der Waals surface area contributed by atoms with Gasteiger partial charge in [-0.05, 0) is 30.7 Å². The van der Waals surface area contributed by atoms with Crippen molar-refractivity contribution in [2.24, 2.45) is 5.92 Å². The van der Waals surface area contributed by atoms with Gasteiger partial charge in [-0.15, -0.1) is 0 Å². The number of thiol groups is 1. The van der Waals surface area contributed by atoms with Gasteiger partial charge in [0.15, 0.2) is 11.6 Å². The monoisotopic (exact) mass is 228 g/mol. The van der Waals surface area contributed by atoms with Gasteiger partial charge in [0.05, 0.1) is 6.61 Å². The van der Waals surface area contributed by atoms with E-state index >= 15 is 0 Å². The van der Waals surface area contributed by atoms with Crippen LogP contribution in [0.1, 0.15) is 18.9 Å². The molecule has 0 bridgehead atoms. The van der Waals surface area contributed by atoms with Crippen molar-refractivity contribution in [1.29, 1.82) is 0 Å². The molecule has 0 saturated carbocycles. The first kappa shape index (κ1) is 12.4. The SMILES string of the molecule is CCC(CS)COc1cccc(C)c1F. The zero-order valence-electron chi connectivity index (χ0n) is 9.16. The molecule has 15 heavy (non-hydrogen) atoms. The molecule has 0 aliphatic carbocycles. The van der Waals surface area contributed by atoms with Crippen LogP contribution in [-0.2, 0) is 0 Å². The second-order valence-electron chi connectivity index (χ2n) is 3.65. The summed E-state index contributed by atoms with van der Waals surface area (Å²) in [4.78, 5) is 0. The molecule has 0 heterocycles. The number of rotatable bonds is 5. The highest BCUT2D eigenvalue weighted by Crippen LogP contribution is 2.20. The van der Waals surface area contributed by atoms with E-state index in [0.29, 0.717) is 23.8 Å². The number of aryl methyl sites for hydroxylation is 1. The minimum absolute atomic E-state index is 0.258. The second-order valence-corrected chi connectivity index (χ2v) is 4.02. The van der Waals surface area contributed by atoms with Gasteiger partial charge in [0.25, 0.3) is 0 Å². The second kappa shape index (κ2) is 6.01. The van der Waals surface area contributed by atoms with E-state index in [1.807, 2.05) is 0 Å². The quantitative estimate of drug-likeness (QED) is 0.759. The summed E-state index contributed by atoms with van der Waals surface area (Å²) in [5.74, 6) is 1.24. The molecule has 1 aromatic rings. The molecule has 0 aliphatic rings. The average Bonchev–Trinajstić information content (AvgIpc) is 2.25. The van der Waals surface area contributed by atoms with Gasteiger partial charge in [-0.25, -0.2) is 4.39 Å². The smallest absolute Gasteiger partial charge is 0.167 e. The predicted octanol–water partition coefficient (Wildman–Crippen LogP) is 3.47. The molecule has 0 spiro atoms. The lowest BCUT2D eigenvalue weighted by Gasteiger charge is -2.14.